The van der Waals surface area contributed by atoms with Gasteiger partial charge in [0, 0.05) is 11.8 Å². The first kappa shape index (κ1) is 18.4. The maximum atomic E-state index is 12.5. The molecule has 0 spiro atoms. The number of halogens is 3. The monoisotopic (exact) mass is 319 g/mol. The molecule has 5 heteroatoms. The molecule has 0 heterocycles. The maximum absolute atomic E-state index is 12.5. The van der Waals surface area contributed by atoms with Gasteiger partial charge < -0.3 is 5.32 Å². The van der Waals surface area contributed by atoms with E-state index in [-0.39, 0.29) is 0 Å². The van der Waals surface area contributed by atoms with E-state index < -0.39 is 11.7 Å². The lowest BCUT2D eigenvalue weighted by Gasteiger charge is -2.18. The Morgan fingerprint density at radius 1 is 1.10 bits per heavy atom. The van der Waals surface area contributed by atoms with Gasteiger partial charge in [0.2, 0.25) is 0 Å². The fraction of sp³-hybridized carbons (Fsp3) is 0.625. The minimum atomic E-state index is -4.26. The second-order valence-electron chi connectivity index (χ2n) is 5.58. The van der Waals surface area contributed by atoms with Gasteiger partial charge in [-0.25, -0.2) is 0 Å². The molecular weight excluding hydrogens is 295 g/mol. The van der Waals surface area contributed by atoms with E-state index in [9.17, 15) is 13.2 Å². The van der Waals surface area contributed by atoms with Crippen LogP contribution in [0.5, 0.6) is 0 Å². The molecule has 1 unspecified atom stereocenters. The molecule has 0 amide bonds. The van der Waals surface area contributed by atoms with E-state index in [1.807, 2.05) is 18.7 Å². The van der Waals surface area contributed by atoms with Crippen molar-refractivity contribution in [1.82, 2.24) is 5.32 Å². The maximum Gasteiger partial charge on any atom is 0.416 e. The molecular formula is C16H24F3NS. The van der Waals surface area contributed by atoms with Crippen LogP contribution in [-0.4, -0.2) is 24.1 Å². The molecule has 0 bridgehead atoms. The number of hydrogen-bond donors (Lipinski definition) is 1. The Morgan fingerprint density at radius 2 is 1.71 bits per heavy atom. The van der Waals surface area contributed by atoms with Crippen LogP contribution in [0.25, 0.3) is 0 Å². The summed E-state index contributed by atoms with van der Waals surface area (Å²) in [5.41, 5.74) is 0.361. The minimum absolute atomic E-state index is 0.301. The van der Waals surface area contributed by atoms with Crippen molar-refractivity contribution in [2.75, 3.05) is 18.1 Å². The number of rotatable bonds is 8. The highest BCUT2D eigenvalue weighted by Crippen LogP contribution is 2.29. The quantitative estimate of drug-likeness (QED) is 0.750. The van der Waals surface area contributed by atoms with Crippen LogP contribution in [-0.2, 0) is 12.6 Å². The van der Waals surface area contributed by atoms with Gasteiger partial charge in [-0.15, -0.1) is 0 Å². The number of benzene rings is 1. The molecule has 0 aromatic heterocycles. The van der Waals surface area contributed by atoms with Gasteiger partial charge in [0.1, 0.15) is 0 Å². The lowest BCUT2D eigenvalue weighted by molar-refractivity contribution is -0.137. The largest absolute Gasteiger partial charge is 0.416 e. The zero-order valence-corrected chi connectivity index (χ0v) is 13.7. The van der Waals surface area contributed by atoms with Crippen molar-refractivity contribution in [2.24, 2.45) is 5.92 Å². The molecule has 0 radical (unpaired) electrons. The van der Waals surface area contributed by atoms with Crippen LogP contribution in [0.3, 0.4) is 0 Å². The summed E-state index contributed by atoms with van der Waals surface area (Å²) >= 11 is 1.89. The summed E-state index contributed by atoms with van der Waals surface area (Å²) in [6, 6.07) is 5.80. The second-order valence-corrected chi connectivity index (χ2v) is 6.66. The highest BCUT2D eigenvalue weighted by Gasteiger charge is 2.29. The summed E-state index contributed by atoms with van der Waals surface area (Å²) in [5.74, 6) is 2.74. The highest BCUT2D eigenvalue weighted by molar-refractivity contribution is 7.99. The summed E-state index contributed by atoms with van der Waals surface area (Å²) < 4.78 is 37.6. The zero-order valence-electron chi connectivity index (χ0n) is 12.8. The van der Waals surface area contributed by atoms with Crippen molar-refractivity contribution in [3.05, 3.63) is 35.4 Å². The first-order chi connectivity index (χ1) is 9.82. The topological polar surface area (TPSA) is 12.0 Å². The Balaban J connectivity index is 2.58. The number of hydrogen-bond acceptors (Lipinski definition) is 2. The summed E-state index contributed by atoms with van der Waals surface area (Å²) in [5, 5.41) is 3.41. The van der Waals surface area contributed by atoms with E-state index in [0.717, 1.165) is 30.0 Å². The molecule has 0 aliphatic heterocycles. The van der Waals surface area contributed by atoms with Crippen LogP contribution < -0.4 is 5.32 Å². The van der Waals surface area contributed by atoms with Crippen LogP contribution in [0.2, 0.25) is 0 Å². The van der Waals surface area contributed by atoms with Gasteiger partial charge in [0.15, 0.2) is 0 Å². The number of likely N-dealkylation sites (N-methyl/N-ethyl adjacent to an activating group) is 1. The fourth-order valence-electron chi connectivity index (χ4n) is 2.04. The van der Waals surface area contributed by atoms with E-state index in [1.165, 1.54) is 12.1 Å². The summed E-state index contributed by atoms with van der Waals surface area (Å²) in [4.78, 5) is 0. The van der Waals surface area contributed by atoms with Gasteiger partial charge in [-0.05, 0) is 42.3 Å². The van der Waals surface area contributed by atoms with Crippen molar-refractivity contribution in [2.45, 2.75) is 39.4 Å². The normalized spacial score (nSPS) is 13.7. The van der Waals surface area contributed by atoms with Crippen molar-refractivity contribution >= 4 is 11.8 Å². The molecule has 0 saturated carbocycles. The van der Waals surface area contributed by atoms with E-state index in [2.05, 4.69) is 19.2 Å². The predicted molar refractivity (Wildman–Crippen MR) is 84.8 cm³/mol. The van der Waals surface area contributed by atoms with E-state index in [4.69, 9.17) is 0 Å². The standard InChI is InChI=1S/C16H24F3NS/c1-4-20-15(11-21-10-12(2)3)9-13-5-7-14(8-6-13)16(17,18)19/h5-8,12,15,20H,4,9-11H2,1-3H3. The average Bonchev–Trinajstić information content (AvgIpc) is 2.38. The molecule has 1 rings (SSSR count). The molecule has 1 aromatic carbocycles. The smallest absolute Gasteiger partial charge is 0.313 e. The third kappa shape index (κ3) is 7.23. The molecule has 0 aliphatic carbocycles. The Bertz CT molecular complexity index is 401. The van der Waals surface area contributed by atoms with Crippen LogP contribution in [0.15, 0.2) is 24.3 Å². The predicted octanol–water partition coefficient (Wildman–Crippen LogP) is 4.62. The molecule has 0 fully saturated rings. The van der Waals surface area contributed by atoms with Gasteiger partial charge in [-0.3, -0.25) is 0 Å². The molecule has 120 valence electrons. The summed E-state index contributed by atoms with van der Waals surface area (Å²) in [6.07, 6.45) is -3.50. The molecule has 1 nitrogen and oxygen atoms in total. The molecule has 1 atom stereocenters. The lowest BCUT2D eigenvalue weighted by Crippen LogP contribution is -2.33. The van der Waals surface area contributed by atoms with Crippen molar-refractivity contribution < 1.29 is 13.2 Å². The molecule has 21 heavy (non-hydrogen) atoms. The molecule has 0 aliphatic rings. The Kier molecular flexibility index (Phi) is 7.60. The third-order valence-electron chi connectivity index (χ3n) is 3.03. The highest BCUT2D eigenvalue weighted by atomic mass is 32.2. The first-order valence-corrected chi connectivity index (χ1v) is 8.45. The Morgan fingerprint density at radius 3 is 2.19 bits per heavy atom. The average molecular weight is 319 g/mol. The first-order valence-electron chi connectivity index (χ1n) is 7.30. The molecule has 1 aromatic rings. The molecule has 0 saturated heterocycles. The van der Waals surface area contributed by atoms with E-state index in [1.54, 1.807) is 12.1 Å². The number of alkyl halides is 3. The lowest BCUT2D eigenvalue weighted by atomic mass is 10.0. The fourth-order valence-corrected chi connectivity index (χ4v) is 3.17. The third-order valence-corrected chi connectivity index (χ3v) is 4.57. The Labute approximate surface area is 129 Å². The van der Waals surface area contributed by atoms with Gasteiger partial charge in [-0.1, -0.05) is 32.9 Å². The SMILES string of the molecule is CCNC(CSCC(C)C)Cc1ccc(C(F)(F)F)cc1. The van der Waals surface area contributed by atoms with Gasteiger partial charge in [0.05, 0.1) is 5.56 Å². The van der Waals surface area contributed by atoms with E-state index >= 15 is 0 Å². The van der Waals surface area contributed by atoms with Gasteiger partial charge in [-0.2, -0.15) is 24.9 Å². The van der Waals surface area contributed by atoms with Gasteiger partial charge in [0.25, 0.3) is 0 Å². The van der Waals surface area contributed by atoms with Crippen LogP contribution in [0.1, 0.15) is 31.9 Å². The van der Waals surface area contributed by atoms with Crippen LogP contribution in [0, 0.1) is 5.92 Å². The second kappa shape index (κ2) is 8.69. The number of nitrogens with one attached hydrogen (secondary N) is 1. The summed E-state index contributed by atoms with van der Waals surface area (Å²) in [7, 11) is 0. The van der Waals surface area contributed by atoms with Crippen molar-refractivity contribution in [3.63, 3.8) is 0 Å². The van der Waals surface area contributed by atoms with E-state index in [0.29, 0.717) is 12.0 Å². The van der Waals surface area contributed by atoms with Crippen molar-refractivity contribution in [3.8, 4) is 0 Å². The van der Waals surface area contributed by atoms with Gasteiger partial charge >= 0.3 is 6.18 Å². The Hall–Kier alpha value is -0.680. The minimum Gasteiger partial charge on any atom is -0.313 e. The van der Waals surface area contributed by atoms with Crippen molar-refractivity contribution in [1.29, 1.82) is 0 Å². The van der Waals surface area contributed by atoms with Crippen LogP contribution in [0.4, 0.5) is 13.2 Å². The molecule has 1 N–H and O–H groups in total. The van der Waals surface area contributed by atoms with Crippen LogP contribution >= 0.6 is 11.8 Å². The zero-order chi connectivity index (χ0) is 15.9. The summed E-state index contributed by atoms with van der Waals surface area (Å²) in [6.45, 7) is 7.29. The number of thioether (sulfide) groups is 1.